The Bertz CT molecular complexity index is 1730. The molecule has 14 heteroatoms. The van der Waals surface area contributed by atoms with Crippen molar-refractivity contribution < 1.29 is 31.5 Å². The van der Waals surface area contributed by atoms with Crippen molar-refractivity contribution in [3.8, 4) is 11.1 Å². The first kappa shape index (κ1) is 29.4. The number of aromatic nitrogens is 2. The van der Waals surface area contributed by atoms with Crippen LogP contribution in [0.3, 0.4) is 0 Å². The highest BCUT2D eigenvalue weighted by molar-refractivity contribution is 7.99. The van der Waals surface area contributed by atoms with Crippen molar-refractivity contribution in [3.63, 3.8) is 0 Å². The van der Waals surface area contributed by atoms with Gasteiger partial charge in [0.25, 0.3) is 0 Å². The van der Waals surface area contributed by atoms with Crippen LogP contribution in [0, 0.1) is 17.0 Å². The molecule has 1 spiro atoms. The predicted molar refractivity (Wildman–Crippen MR) is 153 cm³/mol. The lowest BCUT2D eigenvalue weighted by Gasteiger charge is -2.44. The van der Waals surface area contributed by atoms with E-state index in [0.717, 1.165) is 23.9 Å². The number of nitrogens with two attached hydrogens (primary N) is 1. The van der Waals surface area contributed by atoms with Crippen LogP contribution < -0.4 is 16.3 Å². The number of piperazine rings is 1. The van der Waals surface area contributed by atoms with Gasteiger partial charge in [-0.15, -0.1) is 11.8 Å². The molecule has 1 aromatic heterocycles. The van der Waals surface area contributed by atoms with E-state index in [1.807, 2.05) is 0 Å². The largest absolute Gasteiger partial charge is 0.417 e. The molecule has 2 fully saturated rings. The molecule has 0 aliphatic carbocycles. The van der Waals surface area contributed by atoms with Gasteiger partial charge in [-0.05, 0) is 32.1 Å². The second kappa shape index (κ2) is 10.2. The molecule has 0 radical (unpaired) electrons. The molecule has 2 aromatic carbocycles. The maximum atomic E-state index is 15.3. The molecule has 0 bridgehead atoms. The number of amides is 1. The Hall–Kier alpha value is -3.65. The Labute approximate surface area is 247 Å². The topological polar surface area (TPSA) is 93.7 Å². The summed E-state index contributed by atoms with van der Waals surface area (Å²) in [5.74, 6) is -2.26. The molecular weight excluding hydrogens is 593 g/mol. The molecule has 43 heavy (non-hydrogen) atoms. The Balaban J connectivity index is 1.66. The first-order chi connectivity index (χ1) is 20.2. The molecule has 2 saturated heterocycles. The summed E-state index contributed by atoms with van der Waals surface area (Å²) in [6.07, 6.45) is -3.76. The molecule has 4 heterocycles. The van der Waals surface area contributed by atoms with E-state index in [2.05, 4.69) is 11.6 Å². The van der Waals surface area contributed by atoms with Gasteiger partial charge in [0, 0.05) is 70.4 Å². The summed E-state index contributed by atoms with van der Waals surface area (Å²) >= 11 is 1.08. The molecule has 2 N–H and O–H groups in total. The van der Waals surface area contributed by atoms with Gasteiger partial charge in [-0.2, -0.15) is 18.2 Å². The standard InChI is InChI=1S/C29H28F5N5O3S/c1-4-22(40)39-14(2)8-37(9-15(39)3)26-17-5-18(29(32,33)34)23(16-6-21(35)20(31)7-19(16)30)25-24(17)38(27(41)36-26)10-28(13-43-25)11-42-12-28/h4-7,14-15H,1,8-13,35H2,2-3H3/t14-,15+. The molecule has 0 saturated carbocycles. The molecule has 228 valence electrons. The lowest BCUT2D eigenvalue weighted by molar-refractivity contribution is -0.137. The number of hydrogen-bond acceptors (Lipinski definition) is 7. The highest BCUT2D eigenvalue weighted by atomic mass is 32.2. The third kappa shape index (κ3) is 4.74. The summed E-state index contributed by atoms with van der Waals surface area (Å²) in [7, 11) is 0. The molecule has 3 aromatic rings. The fraction of sp³-hybridized carbons (Fsp3) is 0.414. The van der Waals surface area contributed by atoms with Gasteiger partial charge >= 0.3 is 11.9 Å². The summed E-state index contributed by atoms with van der Waals surface area (Å²) in [6, 6.07) is 1.46. The van der Waals surface area contributed by atoms with Crippen LogP contribution in [0.4, 0.5) is 33.5 Å². The molecule has 0 unspecified atom stereocenters. The number of anilines is 2. The van der Waals surface area contributed by atoms with E-state index in [9.17, 15) is 27.2 Å². The monoisotopic (exact) mass is 621 g/mol. The van der Waals surface area contributed by atoms with E-state index in [1.165, 1.54) is 10.6 Å². The van der Waals surface area contributed by atoms with Crippen molar-refractivity contribution in [2.75, 3.05) is 42.7 Å². The quantitative estimate of drug-likeness (QED) is 0.258. The Morgan fingerprint density at radius 3 is 2.42 bits per heavy atom. The first-order valence-electron chi connectivity index (χ1n) is 13.6. The summed E-state index contributed by atoms with van der Waals surface area (Å²) < 4.78 is 80.8. The average Bonchev–Trinajstić information content (AvgIpc) is 3.10. The summed E-state index contributed by atoms with van der Waals surface area (Å²) in [5, 5.41) is 0.0638. The minimum Gasteiger partial charge on any atom is -0.396 e. The first-order valence-corrected chi connectivity index (χ1v) is 14.6. The van der Waals surface area contributed by atoms with Crippen LogP contribution in [0.15, 0.2) is 40.5 Å². The summed E-state index contributed by atoms with van der Waals surface area (Å²) in [4.78, 5) is 33.9. The molecule has 3 aliphatic rings. The fourth-order valence-corrected chi connectivity index (χ4v) is 7.81. The van der Waals surface area contributed by atoms with Crippen molar-refractivity contribution in [2.24, 2.45) is 5.41 Å². The second-order valence-electron chi connectivity index (χ2n) is 11.5. The number of carbonyl (C=O) groups is 1. The minimum absolute atomic E-state index is 0.0285. The van der Waals surface area contributed by atoms with Gasteiger partial charge in [0.2, 0.25) is 5.91 Å². The number of nitrogens with zero attached hydrogens (tertiary/aromatic N) is 4. The van der Waals surface area contributed by atoms with E-state index in [-0.39, 0.29) is 72.5 Å². The maximum Gasteiger partial charge on any atom is 0.417 e. The average molecular weight is 622 g/mol. The molecular formula is C29H28F5N5O3S. The maximum absolute atomic E-state index is 15.3. The van der Waals surface area contributed by atoms with Gasteiger partial charge in [-0.1, -0.05) is 6.58 Å². The van der Waals surface area contributed by atoms with Crippen molar-refractivity contribution >= 4 is 40.1 Å². The number of halogens is 5. The van der Waals surface area contributed by atoms with Gasteiger partial charge in [-0.3, -0.25) is 9.36 Å². The molecule has 8 nitrogen and oxygen atoms in total. The molecule has 1 amide bonds. The molecule has 3 aliphatic heterocycles. The third-order valence-electron chi connectivity index (χ3n) is 8.34. The third-order valence-corrected chi connectivity index (χ3v) is 9.78. The van der Waals surface area contributed by atoms with Gasteiger partial charge in [0.05, 0.1) is 30.0 Å². The number of benzene rings is 2. The number of rotatable bonds is 3. The van der Waals surface area contributed by atoms with Crippen molar-refractivity contribution in [3.05, 3.63) is 58.5 Å². The number of ether oxygens (including phenoxy) is 1. The van der Waals surface area contributed by atoms with Crippen LogP contribution in [-0.4, -0.2) is 64.5 Å². The highest BCUT2D eigenvalue weighted by Gasteiger charge is 2.45. The highest BCUT2D eigenvalue weighted by Crippen LogP contribution is 2.51. The smallest absolute Gasteiger partial charge is 0.396 e. The summed E-state index contributed by atoms with van der Waals surface area (Å²) in [5.41, 5.74) is 1.95. The van der Waals surface area contributed by atoms with Crippen LogP contribution in [0.1, 0.15) is 19.4 Å². The zero-order valence-electron chi connectivity index (χ0n) is 23.3. The predicted octanol–water partition coefficient (Wildman–Crippen LogP) is 4.68. The lowest BCUT2D eigenvalue weighted by atomic mass is 9.88. The van der Waals surface area contributed by atoms with Crippen molar-refractivity contribution in [1.29, 1.82) is 0 Å². The summed E-state index contributed by atoms with van der Waals surface area (Å²) in [6.45, 7) is 8.25. The van der Waals surface area contributed by atoms with Crippen LogP contribution in [0.5, 0.6) is 0 Å². The van der Waals surface area contributed by atoms with Crippen LogP contribution in [0.2, 0.25) is 0 Å². The molecule has 2 atom stereocenters. The van der Waals surface area contributed by atoms with E-state index < -0.39 is 51.3 Å². The van der Waals surface area contributed by atoms with Crippen molar-refractivity contribution in [1.82, 2.24) is 14.5 Å². The van der Waals surface area contributed by atoms with Crippen LogP contribution >= 0.6 is 11.8 Å². The lowest BCUT2D eigenvalue weighted by Crippen LogP contribution is -2.58. The van der Waals surface area contributed by atoms with Crippen LogP contribution in [0.25, 0.3) is 22.0 Å². The zero-order chi connectivity index (χ0) is 31.0. The number of carbonyl (C=O) groups excluding carboxylic acids is 1. The van der Waals surface area contributed by atoms with E-state index in [0.29, 0.717) is 11.8 Å². The van der Waals surface area contributed by atoms with Gasteiger partial charge in [0.15, 0.2) is 0 Å². The van der Waals surface area contributed by atoms with Gasteiger partial charge in [-0.25, -0.2) is 13.6 Å². The number of hydrogen-bond donors (Lipinski definition) is 1. The number of alkyl halides is 3. The second-order valence-corrected chi connectivity index (χ2v) is 12.5. The Kier molecular flexibility index (Phi) is 6.99. The van der Waals surface area contributed by atoms with Gasteiger partial charge < -0.3 is 20.3 Å². The Morgan fingerprint density at radius 2 is 1.84 bits per heavy atom. The van der Waals surface area contributed by atoms with Gasteiger partial charge in [0.1, 0.15) is 17.5 Å². The fourth-order valence-electron chi connectivity index (χ4n) is 6.38. The van der Waals surface area contributed by atoms with E-state index in [4.69, 9.17) is 10.5 Å². The van der Waals surface area contributed by atoms with Crippen LogP contribution in [-0.2, 0) is 22.3 Å². The normalized spacial score (nSPS) is 21.6. The zero-order valence-corrected chi connectivity index (χ0v) is 24.1. The SMILES string of the molecule is C=CC(=O)N1[C@H](C)CN(c2nc(=O)n3c4c(c(-c5cc(N)c(F)cc5F)c(C(F)(F)F)cc24)SCC2(COC2)C3)C[C@@H]1C. The molecule has 6 rings (SSSR count). The van der Waals surface area contributed by atoms with E-state index in [1.54, 1.807) is 23.6 Å². The Morgan fingerprint density at radius 1 is 1.16 bits per heavy atom. The minimum atomic E-state index is -4.96. The number of nitrogen functional groups attached to an aromatic ring is 1. The number of thioether (sulfide) groups is 1. The van der Waals surface area contributed by atoms with Crippen molar-refractivity contribution in [2.45, 2.75) is 43.5 Å². The van der Waals surface area contributed by atoms with E-state index >= 15 is 4.39 Å².